The number of hydrogen-bond donors (Lipinski definition) is 0. The molecule has 2 rings (SSSR count). The van der Waals surface area contributed by atoms with E-state index in [-0.39, 0.29) is 18.9 Å². The molecule has 0 aliphatic carbocycles. The second kappa shape index (κ2) is 6.26. The van der Waals surface area contributed by atoms with E-state index < -0.39 is 0 Å². The van der Waals surface area contributed by atoms with Gasteiger partial charge in [0, 0.05) is 6.54 Å². The smallest absolute Gasteiger partial charge is 0.660 e. The van der Waals surface area contributed by atoms with Crippen molar-refractivity contribution in [2.24, 2.45) is 0 Å². The normalized spacial score (nSPS) is 17.4. The van der Waals surface area contributed by atoms with Gasteiger partial charge >= 0.3 is 18.9 Å². The quantitative estimate of drug-likeness (QED) is 0.530. The molecule has 14 heavy (non-hydrogen) atoms. The number of nitrogens with zero attached hydrogens (tertiary/aromatic N) is 2. The minimum absolute atomic E-state index is 0. The molecule has 1 aromatic rings. The Morgan fingerprint density at radius 1 is 1.07 bits per heavy atom. The van der Waals surface area contributed by atoms with E-state index in [1.807, 2.05) is 0 Å². The van der Waals surface area contributed by atoms with Crippen LogP contribution >= 0.6 is 0 Å². The predicted molar refractivity (Wildman–Crippen MR) is 54.8 cm³/mol. The zero-order chi connectivity index (χ0) is 8.93. The second-order valence-electron chi connectivity index (χ2n) is 3.43. The van der Waals surface area contributed by atoms with Crippen molar-refractivity contribution in [2.45, 2.75) is 6.54 Å². The van der Waals surface area contributed by atoms with E-state index in [1.165, 1.54) is 5.56 Å². The van der Waals surface area contributed by atoms with Crippen LogP contribution in [-0.2, 0) is 6.54 Å². The molecule has 0 radical (unpaired) electrons. The van der Waals surface area contributed by atoms with Gasteiger partial charge in [-0.1, -0.05) is 30.3 Å². The number of benzene rings is 1. The van der Waals surface area contributed by atoms with Crippen LogP contribution in [0.1, 0.15) is 5.56 Å². The van der Waals surface area contributed by atoms with E-state index in [0.29, 0.717) is 0 Å². The first-order valence-corrected chi connectivity index (χ1v) is 4.85. The summed E-state index contributed by atoms with van der Waals surface area (Å²) in [6, 6.07) is 10.6. The van der Waals surface area contributed by atoms with Crippen molar-refractivity contribution >= 4 is 0 Å². The molecule has 0 aromatic heterocycles. The fourth-order valence-corrected chi connectivity index (χ4v) is 1.65. The summed E-state index contributed by atoms with van der Waals surface area (Å²) < 4.78 is 0. The zero-order valence-electron chi connectivity index (χ0n) is 8.82. The van der Waals surface area contributed by atoms with Gasteiger partial charge < -0.3 is 10.2 Å². The van der Waals surface area contributed by atoms with E-state index in [0.717, 1.165) is 32.7 Å². The first-order chi connectivity index (χ1) is 6.45. The average Bonchev–Trinajstić information content (AvgIpc) is 2.21. The summed E-state index contributed by atoms with van der Waals surface area (Å²) in [5, 5.41) is 4.33. The van der Waals surface area contributed by atoms with E-state index in [9.17, 15) is 0 Å². The van der Waals surface area contributed by atoms with Crippen LogP contribution < -0.4 is 18.9 Å². The summed E-state index contributed by atoms with van der Waals surface area (Å²) in [5.41, 5.74) is 1.41. The van der Waals surface area contributed by atoms with Gasteiger partial charge in [0.25, 0.3) is 0 Å². The third kappa shape index (κ3) is 3.47. The summed E-state index contributed by atoms with van der Waals surface area (Å²) in [6.45, 7) is 5.33. The van der Waals surface area contributed by atoms with E-state index in [1.54, 1.807) is 0 Å². The number of hydrogen-bond acceptors (Lipinski definition) is 1. The maximum absolute atomic E-state index is 4.33. The van der Waals surface area contributed by atoms with Gasteiger partial charge in [0.15, 0.2) is 0 Å². The Morgan fingerprint density at radius 2 is 1.71 bits per heavy atom. The minimum Gasteiger partial charge on any atom is -0.660 e. The van der Waals surface area contributed by atoms with Crippen LogP contribution in [0.2, 0.25) is 0 Å². The summed E-state index contributed by atoms with van der Waals surface area (Å²) in [6.07, 6.45) is 0. The summed E-state index contributed by atoms with van der Waals surface area (Å²) in [5.74, 6) is 0. The topological polar surface area (TPSA) is 17.3 Å². The minimum atomic E-state index is 0. The molecule has 70 valence electrons. The van der Waals surface area contributed by atoms with Crippen molar-refractivity contribution < 1.29 is 18.9 Å². The molecule has 1 heterocycles. The van der Waals surface area contributed by atoms with Crippen molar-refractivity contribution in [3.05, 3.63) is 41.2 Å². The maximum Gasteiger partial charge on any atom is 1.00 e. The monoisotopic (exact) mass is 182 g/mol. The molecule has 1 aliphatic rings. The van der Waals surface area contributed by atoms with E-state index in [2.05, 4.69) is 40.5 Å². The molecular weight excluding hydrogens is 167 g/mol. The molecule has 1 saturated heterocycles. The van der Waals surface area contributed by atoms with Gasteiger partial charge in [0.1, 0.15) is 0 Å². The summed E-state index contributed by atoms with van der Waals surface area (Å²) >= 11 is 0. The van der Waals surface area contributed by atoms with Crippen LogP contribution in [0.4, 0.5) is 0 Å². The zero-order valence-corrected chi connectivity index (χ0v) is 8.82. The van der Waals surface area contributed by atoms with Gasteiger partial charge in [-0.05, 0) is 18.7 Å². The molecule has 0 amide bonds. The number of rotatable bonds is 2. The molecule has 0 atom stereocenters. The first-order valence-electron chi connectivity index (χ1n) is 4.85. The molecule has 3 heteroatoms. The molecule has 1 aliphatic heterocycles. The Morgan fingerprint density at radius 3 is 2.36 bits per heavy atom. The molecule has 0 spiro atoms. The average molecular weight is 182 g/mol. The second-order valence-corrected chi connectivity index (χ2v) is 3.43. The fraction of sp³-hybridized carbons (Fsp3) is 0.455. The fourth-order valence-electron chi connectivity index (χ4n) is 1.65. The Balaban J connectivity index is 0.000000980. The van der Waals surface area contributed by atoms with Gasteiger partial charge in [-0.15, -0.1) is 13.1 Å². The molecule has 1 aromatic carbocycles. The standard InChI is InChI=1S/C11H15N2.Li/c1-2-4-11(5-3-1)10-13-8-6-12-7-9-13;/h1-5H,6-10H2;/q-1;+1. The van der Waals surface area contributed by atoms with Crippen molar-refractivity contribution in [2.75, 3.05) is 26.2 Å². The van der Waals surface area contributed by atoms with Gasteiger partial charge in [0.05, 0.1) is 0 Å². The Hall–Kier alpha value is -0.263. The van der Waals surface area contributed by atoms with Crippen molar-refractivity contribution in [1.82, 2.24) is 4.90 Å². The maximum atomic E-state index is 4.33. The van der Waals surface area contributed by atoms with Crippen LogP contribution in [0.3, 0.4) is 0 Å². The van der Waals surface area contributed by atoms with Crippen LogP contribution in [0.15, 0.2) is 30.3 Å². The van der Waals surface area contributed by atoms with Crippen LogP contribution in [0, 0.1) is 0 Å². The number of piperazine rings is 1. The van der Waals surface area contributed by atoms with Crippen molar-refractivity contribution in [3.8, 4) is 0 Å². The largest absolute Gasteiger partial charge is 1.00 e. The molecule has 2 nitrogen and oxygen atoms in total. The summed E-state index contributed by atoms with van der Waals surface area (Å²) in [4.78, 5) is 2.46. The Labute approximate surface area is 97.9 Å². The van der Waals surface area contributed by atoms with E-state index in [4.69, 9.17) is 0 Å². The Bertz CT molecular complexity index is 245. The van der Waals surface area contributed by atoms with Gasteiger partial charge in [-0.2, -0.15) is 0 Å². The van der Waals surface area contributed by atoms with Gasteiger partial charge in [-0.25, -0.2) is 0 Å². The van der Waals surface area contributed by atoms with Crippen LogP contribution in [0.25, 0.3) is 5.32 Å². The molecule has 0 saturated carbocycles. The molecular formula is C11H15LiN2. The summed E-state index contributed by atoms with van der Waals surface area (Å²) in [7, 11) is 0. The third-order valence-electron chi connectivity index (χ3n) is 2.40. The third-order valence-corrected chi connectivity index (χ3v) is 2.40. The Kier molecular flexibility index (Phi) is 5.28. The van der Waals surface area contributed by atoms with E-state index >= 15 is 0 Å². The molecule has 1 fully saturated rings. The molecule has 0 bridgehead atoms. The van der Waals surface area contributed by atoms with Gasteiger partial charge in [0.2, 0.25) is 0 Å². The molecule has 0 unspecified atom stereocenters. The van der Waals surface area contributed by atoms with Gasteiger partial charge in [-0.3, -0.25) is 0 Å². The first kappa shape index (κ1) is 11.8. The SMILES string of the molecule is [Li+].c1ccc(CN2CC[N-]CC2)cc1. The van der Waals surface area contributed by atoms with Crippen molar-refractivity contribution in [1.29, 1.82) is 0 Å². The molecule has 0 N–H and O–H groups in total. The van der Waals surface area contributed by atoms with Crippen LogP contribution in [0.5, 0.6) is 0 Å². The van der Waals surface area contributed by atoms with Crippen LogP contribution in [-0.4, -0.2) is 31.1 Å². The van der Waals surface area contributed by atoms with Crippen molar-refractivity contribution in [3.63, 3.8) is 0 Å². The predicted octanol–water partition coefficient (Wildman–Crippen LogP) is -1.12.